The van der Waals surface area contributed by atoms with Crippen molar-refractivity contribution in [2.75, 3.05) is 0 Å². The number of hydrogen-bond donors (Lipinski definition) is 5. The normalized spacial score (nSPS) is 11.3. The molecule has 42 valence electrons. The Kier molecular flexibility index (Phi) is 1.32. The molecule has 0 amide bonds. The first-order valence-corrected chi connectivity index (χ1v) is 1.46. The van der Waals surface area contributed by atoms with Gasteiger partial charge in [-0.2, -0.15) is 0 Å². The first kappa shape index (κ1) is 6.35. The highest BCUT2D eigenvalue weighted by atomic mass is 16.7. The molecule has 7 heavy (non-hydrogen) atoms. The maximum absolute atomic E-state index is 7.86. The van der Waals surface area contributed by atoms with Crippen molar-refractivity contribution in [2.24, 2.45) is 5.73 Å². The van der Waals surface area contributed by atoms with Crippen LogP contribution in [0.1, 0.15) is 0 Å². The first-order valence-electron chi connectivity index (χ1n) is 1.46. The second-order valence-electron chi connectivity index (χ2n) is 1.05. The molecule has 0 aliphatic heterocycles. The van der Waals surface area contributed by atoms with Crippen molar-refractivity contribution in [1.29, 1.82) is 5.41 Å². The Morgan fingerprint density at radius 2 is 1.57 bits per heavy atom. The number of aliphatic hydroxyl groups is 3. The molecule has 5 heteroatoms. The molecule has 0 spiro atoms. The van der Waals surface area contributed by atoms with Gasteiger partial charge in [-0.3, -0.25) is 5.41 Å². The topological polar surface area (TPSA) is 111 Å². The van der Waals surface area contributed by atoms with Crippen LogP contribution in [-0.4, -0.2) is 27.1 Å². The van der Waals surface area contributed by atoms with E-state index in [4.69, 9.17) is 20.7 Å². The summed E-state index contributed by atoms with van der Waals surface area (Å²) in [5, 5.41) is 29.7. The molecule has 0 atom stereocenters. The van der Waals surface area contributed by atoms with E-state index in [9.17, 15) is 0 Å². The van der Waals surface area contributed by atoms with E-state index in [1.807, 2.05) is 0 Å². The quantitative estimate of drug-likeness (QED) is 0.145. The minimum Gasteiger partial charge on any atom is -0.381 e. The van der Waals surface area contributed by atoms with E-state index in [1.165, 1.54) is 0 Å². The molecule has 0 rings (SSSR count). The van der Waals surface area contributed by atoms with Gasteiger partial charge in [0.05, 0.1) is 0 Å². The number of nitrogens with two attached hydrogens (primary N) is 1. The number of nitrogens with one attached hydrogen (secondary N) is 1. The minimum absolute atomic E-state index is 1.09. The standard InChI is InChI=1S/C2H6N2O3/c3-1(4)2(5,6)7/h5-7H,(H3,3,4). The van der Waals surface area contributed by atoms with Gasteiger partial charge >= 0.3 is 5.97 Å². The Morgan fingerprint density at radius 1 is 1.43 bits per heavy atom. The van der Waals surface area contributed by atoms with Gasteiger partial charge in [-0.05, 0) is 0 Å². The van der Waals surface area contributed by atoms with Crippen LogP contribution < -0.4 is 5.73 Å². The van der Waals surface area contributed by atoms with Gasteiger partial charge in [-0.25, -0.2) is 0 Å². The smallest absolute Gasteiger partial charge is 0.337 e. The van der Waals surface area contributed by atoms with Gasteiger partial charge in [0, 0.05) is 0 Å². The van der Waals surface area contributed by atoms with Gasteiger partial charge in [-0.1, -0.05) is 0 Å². The van der Waals surface area contributed by atoms with Crippen molar-refractivity contribution >= 4 is 5.84 Å². The Balaban J connectivity index is 3.79. The van der Waals surface area contributed by atoms with Crippen molar-refractivity contribution in [2.45, 2.75) is 5.97 Å². The number of hydrogen-bond acceptors (Lipinski definition) is 4. The highest BCUT2D eigenvalue weighted by Crippen LogP contribution is 1.86. The van der Waals surface area contributed by atoms with E-state index in [1.54, 1.807) is 0 Å². The Bertz CT molecular complexity index is 83.4. The van der Waals surface area contributed by atoms with Crippen molar-refractivity contribution in [1.82, 2.24) is 0 Å². The average molecular weight is 106 g/mol. The van der Waals surface area contributed by atoms with Crippen LogP contribution in [0, 0.1) is 5.41 Å². The Hall–Kier alpha value is -0.650. The lowest BCUT2D eigenvalue weighted by molar-refractivity contribution is -0.257. The molecule has 0 saturated carbocycles. The fraction of sp³-hybridized carbons (Fsp3) is 0.500. The zero-order chi connectivity index (χ0) is 6.08. The molecule has 0 aromatic heterocycles. The van der Waals surface area contributed by atoms with Crippen molar-refractivity contribution < 1.29 is 15.3 Å². The molecule has 5 nitrogen and oxygen atoms in total. The summed E-state index contributed by atoms with van der Waals surface area (Å²) < 4.78 is 0. The van der Waals surface area contributed by atoms with E-state index >= 15 is 0 Å². The maximum atomic E-state index is 7.86. The van der Waals surface area contributed by atoms with Crippen molar-refractivity contribution in [3.63, 3.8) is 0 Å². The summed E-state index contributed by atoms with van der Waals surface area (Å²) in [5.74, 6) is -4.23. The van der Waals surface area contributed by atoms with Crippen LogP contribution in [0.25, 0.3) is 0 Å². The highest BCUT2D eigenvalue weighted by Gasteiger charge is 2.21. The Morgan fingerprint density at radius 3 is 1.57 bits per heavy atom. The summed E-state index contributed by atoms with van der Waals surface area (Å²) in [4.78, 5) is 0. The molecule has 0 saturated heterocycles. The molecule has 0 aliphatic rings. The lowest BCUT2D eigenvalue weighted by Gasteiger charge is -2.09. The summed E-state index contributed by atoms with van der Waals surface area (Å²) in [6.07, 6.45) is 0. The van der Waals surface area contributed by atoms with Crippen molar-refractivity contribution in [3.05, 3.63) is 0 Å². The van der Waals surface area contributed by atoms with E-state index in [2.05, 4.69) is 5.73 Å². The lowest BCUT2D eigenvalue weighted by Crippen LogP contribution is -2.42. The van der Waals surface area contributed by atoms with Gasteiger partial charge in [0.2, 0.25) is 0 Å². The molecule has 0 radical (unpaired) electrons. The summed E-state index contributed by atoms with van der Waals surface area (Å²) in [6, 6.07) is 0. The zero-order valence-corrected chi connectivity index (χ0v) is 3.42. The monoisotopic (exact) mass is 106 g/mol. The second-order valence-corrected chi connectivity index (χ2v) is 1.05. The van der Waals surface area contributed by atoms with E-state index in [0.29, 0.717) is 0 Å². The summed E-state index contributed by atoms with van der Waals surface area (Å²) in [5.41, 5.74) is 4.40. The molecule has 0 aromatic rings. The maximum Gasteiger partial charge on any atom is 0.337 e. The van der Waals surface area contributed by atoms with Crippen LogP contribution >= 0.6 is 0 Å². The van der Waals surface area contributed by atoms with Gasteiger partial charge < -0.3 is 21.1 Å². The molecule has 0 aromatic carbocycles. The van der Waals surface area contributed by atoms with Gasteiger partial charge in [0.15, 0.2) is 5.84 Å². The number of rotatable bonds is 1. The third kappa shape index (κ3) is 2.10. The van der Waals surface area contributed by atoms with Crippen LogP contribution in [0.4, 0.5) is 0 Å². The van der Waals surface area contributed by atoms with Crippen LogP contribution in [-0.2, 0) is 0 Å². The third-order valence-electron chi connectivity index (χ3n) is 0.361. The SMILES string of the molecule is N=C(N)C(O)(O)O. The molecule has 0 heterocycles. The first-order chi connectivity index (χ1) is 2.94. The predicted molar refractivity (Wildman–Crippen MR) is 21.3 cm³/mol. The lowest BCUT2D eigenvalue weighted by atomic mass is 10.5. The van der Waals surface area contributed by atoms with Crippen molar-refractivity contribution in [3.8, 4) is 0 Å². The fourth-order valence-corrected chi connectivity index (χ4v) is 0. The van der Waals surface area contributed by atoms with Crippen LogP contribution in [0.2, 0.25) is 0 Å². The molecular weight excluding hydrogens is 100 g/mol. The zero-order valence-electron chi connectivity index (χ0n) is 3.42. The average Bonchev–Trinajstić information content (AvgIpc) is 1.31. The molecule has 0 fully saturated rings. The van der Waals surface area contributed by atoms with E-state index in [0.717, 1.165) is 0 Å². The fourth-order valence-electron chi connectivity index (χ4n) is 0. The van der Waals surface area contributed by atoms with Crippen LogP contribution in [0.3, 0.4) is 0 Å². The summed E-state index contributed by atoms with van der Waals surface area (Å²) in [6.45, 7) is 0. The molecule has 6 N–H and O–H groups in total. The van der Waals surface area contributed by atoms with E-state index in [-0.39, 0.29) is 0 Å². The minimum atomic E-state index is -3.14. The van der Waals surface area contributed by atoms with E-state index < -0.39 is 11.8 Å². The summed E-state index contributed by atoms with van der Waals surface area (Å²) >= 11 is 0. The largest absolute Gasteiger partial charge is 0.381 e. The van der Waals surface area contributed by atoms with Crippen LogP contribution in [0.5, 0.6) is 0 Å². The van der Waals surface area contributed by atoms with Crippen LogP contribution in [0.15, 0.2) is 0 Å². The molecule has 0 bridgehead atoms. The number of amidine groups is 1. The molecular formula is C2H6N2O3. The van der Waals surface area contributed by atoms with Gasteiger partial charge in [0.1, 0.15) is 0 Å². The molecule has 0 aliphatic carbocycles. The predicted octanol–water partition coefficient (Wildman–Crippen LogP) is -2.45. The molecule has 0 unspecified atom stereocenters. The van der Waals surface area contributed by atoms with Gasteiger partial charge in [-0.15, -0.1) is 0 Å². The van der Waals surface area contributed by atoms with Gasteiger partial charge in [0.25, 0.3) is 0 Å². The Labute approximate surface area is 39.5 Å². The highest BCUT2D eigenvalue weighted by molar-refractivity contribution is 5.82. The second kappa shape index (κ2) is 1.45. The third-order valence-corrected chi connectivity index (χ3v) is 0.361. The summed E-state index contributed by atoms with van der Waals surface area (Å²) in [7, 11) is 0.